The lowest BCUT2D eigenvalue weighted by Crippen LogP contribution is -2.45. The van der Waals surface area contributed by atoms with E-state index in [-0.39, 0.29) is 11.8 Å². The fourth-order valence-corrected chi connectivity index (χ4v) is 3.02. The third-order valence-electron chi connectivity index (χ3n) is 4.29. The molecular weight excluding hydrogens is 302 g/mol. The molecule has 124 valence electrons. The summed E-state index contributed by atoms with van der Waals surface area (Å²) in [6, 6.07) is 10.9. The molecule has 1 aliphatic rings. The van der Waals surface area contributed by atoms with E-state index in [9.17, 15) is 9.59 Å². The Morgan fingerprint density at radius 3 is 2.83 bits per heavy atom. The Hall–Kier alpha value is -2.69. The van der Waals surface area contributed by atoms with Crippen LogP contribution in [0.5, 0.6) is 0 Å². The lowest BCUT2D eigenvalue weighted by molar-refractivity contribution is -0.123. The zero-order chi connectivity index (χ0) is 17.1. The van der Waals surface area contributed by atoms with Crippen LogP contribution in [0.4, 0.5) is 11.5 Å². The molecule has 0 fully saturated rings. The summed E-state index contributed by atoms with van der Waals surface area (Å²) in [7, 11) is 0. The minimum Gasteiger partial charge on any atom is -0.309 e. The zero-order valence-corrected chi connectivity index (χ0v) is 14.0. The predicted molar refractivity (Wildman–Crippen MR) is 93.9 cm³/mol. The maximum absolute atomic E-state index is 12.6. The molecule has 3 rings (SSSR count). The molecule has 0 spiro atoms. The molecule has 0 aliphatic carbocycles. The summed E-state index contributed by atoms with van der Waals surface area (Å²) in [5.74, 6) is 0.250. The highest BCUT2D eigenvalue weighted by molar-refractivity contribution is 6.05. The molecule has 1 atom stereocenters. The van der Waals surface area contributed by atoms with Crippen molar-refractivity contribution in [2.75, 3.05) is 10.2 Å². The lowest BCUT2D eigenvalue weighted by atomic mass is 10.1. The van der Waals surface area contributed by atoms with Gasteiger partial charge in [-0.15, -0.1) is 0 Å². The van der Waals surface area contributed by atoms with Crippen molar-refractivity contribution in [1.29, 1.82) is 0 Å². The second kappa shape index (κ2) is 6.83. The molecule has 0 unspecified atom stereocenters. The number of pyridine rings is 1. The van der Waals surface area contributed by atoms with Gasteiger partial charge in [-0.25, -0.2) is 4.98 Å². The Kier molecular flexibility index (Phi) is 4.60. The van der Waals surface area contributed by atoms with Crippen molar-refractivity contribution in [3.63, 3.8) is 0 Å². The lowest BCUT2D eigenvalue weighted by Gasteiger charge is -2.28. The van der Waals surface area contributed by atoms with E-state index in [1.54, 1.807) is 18.0 Å². The van der Waals surface area contributed by atoms with Crippen LogP contribution in [-0.4, -0.2) is 22.8 Å². The summed E-state index contributed by atoms with van der Waals surface area (Å²) < 4.78 is 0. The number of carbonyl (C=O) groups is 2. The number of rotatable bonds is 3. The van der Waals surface area contributed by atoms with Gasteiger partial charge < -0.3 is 5.32 Å². The minimum atomic E-state index is -0.598. The molecule has 2 amide bonds. The Morgan fingerprint density at radius 2 is 2.04 bits per heavy atom. The number of nitrogens with zero attached hydrogens (tertiary/aromatic N) is 2. The Morgan fingerprint density at radius 1 is 1.25 bits per heavy atom. The highest BCUT2D eigenvalue weighted by Crippen LogP contribution is 2.28. The van der Waals surface area contributed by atoms with Gasteiger partial charge in [-0.2, -0.15) is 0 Å². The molecule has 2 aromatic rings. The molecule has 0 saturated heterocycles. The first-order chi connectivity index (χ1) is 11.6. The number of benzene rings is 1. The van der Waals surface area contributed by atoms with Gasteiger partial charge in [0.1, 0.15) is 11.9 Å². The van der Waals surface area contributed by atoms with Crippen molar-refractivity contribution >= 4 is 23.3 Å². The number of para-hydroxylation sites is 1. The van der Waals surface area contributed by atoms with E-state index in [1.165, 1.54) is 0 Å². The van der Waals surface area contributed by atoms with Gasteiger partial charge in [0.25, 0.3) is 0 Å². The van der Waals surface area contributed by atoms with Crippen molar-refractivity contribution in [1.82, 2.24) is 4.98 Å². The van der Waals surface area contributed by atoms with Crippen molar-refractivity contribution in [2.45, 2.75) is 39.2 Å². The summed E-state index contributed by atoms with van der Waals surface area (Å²) in [5, 5.41) is 2.81. The van der Waals surface area contributed by atoms with E-state index < -0.39 is 6.04 Å². The van der Waals surface area contributed by atoms with E-state index >= 15 is 0 Å². The van der Waals surface area contributed by atoms with Gasteiger partial charge in [-0.05, 0) is 56.0 Å². The molecule has 1 aromatic carbocycles. The molecular formula is C19H21N3O2. The van der Waals surface area contributed by atoms with Crippen LogP contribution in [0, 0.1) is 6.92 Å². The van der Waals surface area contributed by atoms with Crippen LogP contribution >= 0.6 is 0 Å². The molecule has 1 aromatic heterocycles. The van der Waals surface area contributed by atoms with Crippen LogP contribution in [-0.2, 0) is 16.0 Å². The molecule has 0 radical (unpaired) electrons. The Labute approximate surface area is 141 Å². The van der Waals surface area contributed by atoms with Crippen molar-refractivity contribution in [3.8, 4) is 0 Å². The topological polar surface area (TPSA) is 62.3 Å². The molecule has 5 nitrogen and oxygen atoms in total. The molecule has 1 N–H and O–H groups in total. The first kappa shape index (κ1) is 16.2. The molecule has 2 heterocycles. The predicted octanol–water partition coefficient (Wildman–Crippen LogP) is 3.09. The first-order valence-electron chi connectivity index (χ1n) is 8.20. The van der Waals surface area contributed by atoms with Crippen LogP contribution < -0.4 is 10.2 Å². The Balaban J connectivity index is 1.86. The number of hydrogen-bond acceptors (Lipinski definition) is 3. The van der Waals surface area contributed by atoms with Crippen molar-refractivity contribution in [2.24, 2.45) is 0 Å². The second-order valence-electron chi connectivity index (χ2n) is 6.13. The van der Waals surface area contributed by atoms with E-state index in [0.717, 1.165) is 29.7 Å². The normalized spacial score (nSPS) is 15.4. The summed E-state index contributed by atoms with van der Waals surface area (Å²) in [4.78, 5) is 31.0. The minimum absolute atomic E-state index is 0.0141. The molecule has 0 bridgehead atoms. The van der Waals surface area contributed by atoms with Gasteiger partial charge >= 0.3 is 0 Å². The molecule has 24 heavy (non-hydrogen) atoms. The monoisotopic (exact) mass is 323 g/mol. The van der Waals surface area contributed by atoms with E-state index in [1.807, 2.05) is 43.3 Å². The summed E-state index contributed by atoms with van der Waals surface area (Å²) in [5.41, 5.74) is 2.96. The van der Waals surface area contributed by atoms with Crippen molar-refractivity contribution in [3.05, 3.63) is 53.7 Å². The number of hydrogen-bond donors (Lipinski definition) is 1. The second-order valence-corrected chi connectivity index (χ2v) is 6.13. The third-order valence-corrected chi connectivity index (χ3v) is 4.29. The van der Waals surface area contributed by atoms with Crippen LogP contribution in [0.15, 0.2) is 42.6 Å². The zero-order valence-electron chi connectivity index (χ0n) is 14.0. The van der Waals surface area contributed by atoms with E-state index in [0.29, 0.717) is 12.2 Å². The van der Waals surface area contributed by atoms with E-state index in [4.69, 9.17) is 0 Å². The number of amides is 2. The number of carbonyl (C=O) groups excluding carboxylic acids is 2. The van der Waals surface area contributed by atoms with E-state index in [2.05, 4.69) is 10.3 Å². The fraction of sp³-hybridized carbons (Fsp3) is 0.316. The van der Waals surface area contributed by atoms with Gasteiger partial charge in [-0.1, -0.05) is 18.2 Å². The van der Waals surface area contributed by atoms with Gasteiger partial charge in [0.2, 0.25) is 11.8 Å². The molecule has 5 heteroatoms. The SMILES string of the molecule is Cc1ccnc(NC(=O)[C@H](C)N2C(=O)CCCc3ccccc32)c1. The highest BCUT2D eigenvalue weighted by atomic mass is 16.2. The van der Waals surface area contributed by atoms with Crippen LogP contribution in [0.1, 0.15) is 30.9 Å². The number of aryl methyl sites for hydroxylation is 2. The summed E-state index contributed by atoms with van der Waals surface area (Å²) in [6.07, 6.45) is 3.77. The summed E-state index contributed by atoms with van der Waals surface area (Å²) in [6.45, 7) is 3.69. The van der Waals surface area contributed by atoms with Gasteiger partial charge in [0, 0.05) is 18.3 Å². The largest absolute Gasteiger partial charge is 0.309 e. The quantitative estimate of drug-likeness (QED) is 0.944. The number of anilines is 2. The van der Waals surface area contributed by atoms with Gasteiger partial charge in [0.15, 0.2) is 0 Å². The smallest absolute Gasteiger partial charge is 0.248 e. The van der Waals surface area contributed by atoms with Gasteiger partial charge in [-0.3, -0.25) is 14.5 Å². The number of aromatic nitrogens is 1. The van der Waals surface area contributed by atoms with Crippen LogP contribution in [0.2, 0.25) is 0 Å². The number of fused-ring (bicyclic) bond motifs is 1. The molecule has 0 saturated carbocycles. The highest BCUT2D eigenvalue weighted by Gasteiger charge is 2.30. The van der Waals surface area contributed by atoms with Crippen molar-refractivity contribution < 1.29 is 9.59 Å². The van der Waals surface area contributed by atoms with Crippen LogP contribution in [0.3, 0.4) is 0 Å². The molecule has 1 aliphatic heterocycles. The average molecular weight is 323 g/mol. The standard InChI is InChI=1S/C19H21N3O2/c1-13-10-11-20-17(12-13)21-19(24)14(2)22-16-8-4-3-6-15(16)7-5-9-18(22)23/h3-4,6,8,10-12,14H,5,7,9H2,1-2H3,(H,20,21,24)/t14-/m0/s1. The first-order valence-corrected chi connectivity index (χ1v) is 8.20. The third kappa shape index (κ3) is 3.30. The maximum Gasteiger partial charge on any atom is 0.248 e. The van der Waals surface area contributed by atoms with Gasteiger partial charge in [0.05, 0.1) is 0 Å². The fourth-order valence-electron chi connectivity index (χ4n) is 3.02. The summed E-state index contributed by atoms with van der Waals surface area (Å²) >= 11 is 0. The Bertz CT molecular complexity index is 773. The average Bonchev–Trinajstić information content (AvgIpc) is 2.72. The van der Waals surface area contributed by atoms with Crippen LogP contribution in [0.25, 0.3) is 0 Å². The number of nitrogens with one attached hydrogen (secondary N) is 1. The maximum atomic E-state index is 12.6.